The van der Waals surface area contributed by atoms with Gasteiger partial charge in [-0.05, 0) is 19.0 Å². The highest BCUT2D eigenvalue weighted by atomic mass is 16.5. The zero-order valence-electron chi connectivity index (χ0n) is 10.3. The molecule has 0 aromatic heterocycles. The van der Waals surface area contributed by atoms with Gasteiger partial charge in [0.05, 0.1) is 13.2 Å². The predicted molar refractivity (Wildman–Crippen MR) is 66.3 cm³/mol. The van der Waals surface area contributed by atoms with Gasteiger partial charge in [0.2, 0.25) is 0 Å². The molecule has 3 rings (SSSR count). The van der Waals surface area contributed by atoms with Crippen LogP contribution >= 0.6 is 0 Å². The second-order valence-corrected chi connectivity index (χ2v) is 4.66. The lowest BCUT2D eigenvalue weighted by atomic mass is 9.97. The predicted octanol–water partition coefficient (Wildman–Crippen LogP) is 2.23. The van der Waals surface area contributed by atoms with Gasteiger partial charge in [0.1, 0.15) is 11.9 Å². The van der Waals surface area contributed by atoms with Crippen LogP contribution < -0.4 is 4.74 Å². The highest BCUT2D eigenvalue weighted by molar-refractivity contribution is 5.37. The van der Waals surface area contributed by atoms with Crippen molar-refractivity contribution in [3.05, 3.63) is 29.8 Å². The Morgan fingerprint density at radius 3 is 3.06 bits per heavy atom. The van der Waals surface area contributed by atoms with Gasteiger partial charge in [-0.25, -0.2) is 0 Å². The summed E-state index contributed by atoms with van der Waals surface area (Å²) in [6.07, 6.45) is 1.23. The van der Waals surface area contributed by atoms with Crippen LogP contribution in [0, 0.1) is 0 Å². The van der Waals surface area contributed by atoms with Gasteiger partial charge in [-0.15, -0.1) is 0 Å². The van der Waals surface area contributed by atoms with E-state index >= 15 is 0 Å². The first-order chi connectivity index (χ1) is 8.40. The van der Waals surface area contributed by atoms with E-state index in [1.807, 2.05) is 12.1 Å². The maximum atomic E-state index is 6.00. The molecule has 1 aromatic carbocycles. The summed E-state index contributed by atoms with van der Waals surface area (Å²) in [4.78, 5) is 2.51. The summed E-state index contributed by atoms with van der Waals surface area (Å²) in [7, 11) is 0. The minimum Gasteiger partial charge on any atom is -0.493 e. The maximum absolute atomic E-state index is 6.00. The molecule has 92 valence electrons. The Hall–Kier alpha value is -1.06. The van der Waals surface area contributed by atoms with Crippen molar-refractivity contribution in [2.75, 3.05) is 26.3 Å². The van der Waals surface area contributed by atoms with Crippen LogP contribution in [0.4, 0.5) is 0 Å². The average molecular weight is 233 g/mol. The Kier molecular flexibility index (Phi) is 3.04. The first-order valence-corrected chi connectivity index (χ1v) is 6.47. The summed E-state index contributed by atoms with van der Waals surface area (Å²) in [5.74, 6) is 0.998. The molecule has 1 fully saturated rings. The first-order valence-electron chi connectivity index (χ1n) is 6.47. The Bertz CT molecular complexity index is 394. The third-order valence-electron chi connectivity index (χ3n) is 3.80. The molecule has 0 unspecified atom stereocenters. The molecule has 0 amide bonds. The molecule has 0 radical (unpaired) electrons. The molecule has 0 aliphatic carbocycles. The first kappa shape index (κ1) is 11.1. The second kappa shape index (κ2) is 4.67. The van der Waals surface area contributed by atoms with Crippen molar-refractivity contribution in [2.24, 2.45) is 0 Å². The standard InChI is InChI=1S/C14H19NO2/c1-2-15-8-10-17-14-11-5-3-4-6-13(11)16-9-7-12(14)15/h3-6,12,14H,2,7-10H2,1H3/t12-,14+/m0/s1. The van der Waals surface area contributed by atoms with E-state index in [4.69, 9.17) is 9.47 Å². The normalized spacial score (nSPS) is 28.8. The van der Waals surface area contributed by atoms with Gasteiger partial charge in [-0.3, -0.25) is 4.90 Å². The largest absolute Gasteiger partial charge is 0.493 e. The molecule has 1 aromatic rings. The molecule has 0 bridgehead atoms. The third kappa shape index (κ3) is 1.94. The van der Waals surface area contributed by atoms with Gasteiger partial charge in [-0.1, -0.05) is 25.1 Å². The molecule has 0 N–H and O–H groups in total. The van der Waals surface area contributed by atoms with Gasteiger partial charge in [-0.2, -0.15) is 0 Å². The van der Waals surface area contributed by atoms with Gasteiger partial charge in [0, 0.05) is 18.2 Å². The minimum atomic E-state index is 0.183. The molecule has 2 aliphatic rings. The second-order valence-electron chi connectivity index (χ2n) is 4.66. The lowest BCUT2D eigenvalue weighted by Crippen LogP contribution is -2.46. The number of fused-ring (bicyclic) bond motifs is 3. The summed E-state index contributed by atoms with van der Waals surface area (Å²) >= 11 is 0. The van der Waals surface area contributed by atoms with Crippen molar-refractivity contribution >= 4 is 0 Å². The van der Waals surface area contributed by atoms with E-state index in [-0.39, 0.29) is 6.10 Å². The van der Waals surface area contributed by atoms with Crippen LogP contribution in [0.25, 0.3) is 0 Å². The topological polar surface area (TPSA) is 21.7 Å². The number of likely N-dealkylation sites (N-methyl/N-ethyl adjacent to an activating group) is 1. The lowest BCUT2D eigenvalue weighted by Gasteiger charge is -2.39. The maximum Gasteiger partial charge on any atom is 0.125 e. The van der Waals surface area contributed by atoms with E-state index < -0.39 is 0 Å². The van der Waals surface area contributed by atoms with Crippen molar-refractivity contribution in [1.29, 1.82) is 0 Å². The molecule has 0 spiro atoms. The fraction of sp³-hybridized carbons (Fsp3) is 0.571. The summed E-state index contributed by atoms with van der Waals surface area (Å²) in [6, 6.07) is 8.75. The number of ether oxygens (including phenoxy) is 2. The van der Waals surface area contributed by atoms with Crippen molar-refractivity contribution in [2.45, 2.75) is 25.5 Å². The third-order valence-corrected chi connectivity index (χ3v) is 3.80. The Labute approximate surface area is 102 Å². The summed E-state index contributed by atoms with van der Waals surface area (Å²) in [5.41, 5.74) is 1.22. The number of hydrogen-bond acceptors (Lipinski definition) is 3. The fourth-order valence-corrected chi connectivity index (χ4v) is 2.93. The molecular formula is C14H19NO2. The number of benzene rings is 1. The van der Waals surface area contributed by atoms with Crippen LogP contribution in [0.15, 0.2) is 24.3 Å². The van der Waals surface area contributed by atoms with E-state index in [1.165, 1.54) is 5.56 Å². The van der Waals surface area contributed by atoms with E-state index in [0.717, 1.165) is 38.5 Å². The minimum absolute atomic E-state index is 0.183. The zero-order valence-corrected chi connectivity index (χ0v) is 10.3. The Morgan fingerprint density at radius 1 is 1.29 bits per heavy atom. The van der Waals surface area contributed by atoms with Crippen molar-refractivity contribution in [3.63, 3.8) is 0 Å². The molecular weight excluding hydrogens is 214 g/mol. The molecule has 1 saturated heterocycles. The summed E-state index contributed by atoms with van der Waals surface area (Å²) in [6.45, 7) is 5.97. The van der Waals surface area contributed by atoms with Crippen LogP contribution in [0.2, 0.25) is 0 Å². The van der Waals surface area contributed by atoms with Crippen LogP contribution in [-0.2, 0) is 4.74 Å². The number of morpholine rings is 1. The van der Waals surface area contributed by atoms with E-state index in [9.17, 15) is 0 Å². The molecule has 2 aliphatic heterocycles. The van der Waals surface area contributed by atoms with Crippen LogP contribution in [0.3, 0.4) is 0 Å². The average Bonchev–Trinajstić information content (AvgIpc) is 2.58. The molecule has 2 atom stereocenters. The van der Waals surface area contributed by atoms with Gasteiger partial charge < -0.3 is 9.47 Å². The molecule has 0 saturated carbocycles. The Morgan fingerprint density at radius 2 is 2.18 bits per heavy atom. The Balaban J connectivity index is 1.97. The zero-order chi connectivity index (χ0) is 11.7. The smallest absolute Gasteiger partial charge is 0.125 e. The lowest BCUT2D eigenvalue weighted by molar-refractivity contribution is -0.0724. The van der Waals surface area contributed by atoms with Crippen LogP contribution in [0.5, 0.6) is 5.75 Å². The molecule has 17 heavy (non-hydrogen) atoms. The molecule has 3 nitrogen and oxygen atoms in total. The number of nitrogens with zero attached hydrogens (tertiary/aromatic N) is 1. The van der Waals surface area contributed by atoms with Gasteiger partial charge in [0.25, 0.3) is 0 Å². The van der Waals surface area contributed by atoms with Crippen molar-refractivity contribution in [1.82, 2.24) is 4.90 Å². The van der Waals surface area contributed by atoms with E-state index in [1.54, 1.807) is 0 Å². The quantitative estimate of drug-likeness (QED) is 0.742. The van der Waals surface area contributed by atoms with Crippen molar-refractivity contribution in [3.8, 4) is 5.75 Å². The molecule has 2 heterocycles. The van der Waals surface area contributed by atoms with Crippen LogP contribution in [0.1, 0.15) is 25.0 Å². The fourth-order valence-electron chi connectivity index (χ4n) is 2.93. The van der Waals surface area contributed by atoms with E-state index in [0.29, 0.717) is 6.04 Å². The van der Waals surface area contributed by atoms with Gasteiger partial charge in [0.15, 0.2) is 0 Å². The SMILES string of the molecule is CCN1CCO[C@@H]2c3ccccc3OCC[C@@H]21. The van der Waals surface area contributed by atoms with E-state index in [2.05, 4.69) is 24.0 Å². The summed E-state index contributed by atoms with van der Waals surface area (Å²) in [5, 5.41) is 0. The monoisotopic (exact) mass is 233 g/mol. The highest BCUT2D eigenvalue weighted by Crippen LogP contribution is 2.37. The highest BCUT2D eigenvalue weighted by Gasteiger charge is 2.35. The summed E-state index contributed by atoms with van der Waals surface area (Å²) < 4.78 is 11.8. The molecule has 3 heteroatoms. The number of rotatable bonds is 1. The van der Waals surface area contributed by atoms with Crippen molar-refractivity contribution < 1.29 is 9.47 Å². The van der Waals surface area contributed by atoms with Gasteiger partial charge >= 0.3 is 0 Å². The van der Waals surface area contributed by atoms with Crippen LogP contribution in [-0.4, -0.2) is 37.2 Å². The number of para-hydroxylation sites is 1. The number of hydrogen-bond donors (Lipinski definition) is 0.